The first-order valence-corrected chi connectivity index (χ1v) is 6.43. The normalized spacial score (nSPS) is 10.1. The van der Waals surface area contributed by atoms with Crippen molar-refractivity contribution in [1.82, 2.24) is 0 Å². The summed E-state index contributed by atoms with van der Waals surface area (Å²) < 4.78 is 0. The number of aryl methyl sites for hydroxylation is 1. The molecule has 2 aromatic rings. The molecule has 0 radical (unpaired) electrons. The van der Waals surface area contributed by atoms with E-state index >= 15 is 0 Å². The van der Waals surface area contributed by atoms with E-state index in [4.69, 9.17) is 5.26 Å². The quantitative estimate of drug-likeness (QED) is 0.903. The molecule has 3 nitrogen and oxygen atoms in total. The number of fused-ring (bicyclic) bond motifs is 1. The average molecular weight is 252 g/mol. The molecule has 2 aromatic carbocycles. The summed E-state index contributed by atoms with van der Waals surface area (Å²) in [7, 11) is 0. The Bertz CT molecular complexity index is 641. The number of nitriles is 1. The zero-order valence-electron chi connectivity index (χ0n) is 10.9. The number of nitrogens with zero attached hydrogens (tertiary/aromatic N) is 1. The third kappa shape index (κ3) is 2.92. The van der Waals surface area contributed by atoms with Gasteiger partial charge in [-0.3, -0.25) is 4.79 Å². The predicted octanol–water partition coefficient (Wildman–Crippen LogP) is 3.64. The molecule has 0 aliphatic rings. The molecule has 1 N–H and O–H groups in total. The van der Waals surface area contributed by atoms with Crippen molar-refractivity contribution >= 4 is 22.4 Å². The molecule has 3 heteroatoms. The number of anilines is 1. The minimum atomic E-state index is -0.268. The van der Waals surface area contributed by atoms with Crippen molar-refractivity contribution in [2.24, 2.45) is 0 Å². The van der Waals surface area contributed by atoms with E-state index in [0.29, 0.717) is 0 Å². The van der Waals surface area contributed by atoms with Crippen LogP contribution in [0.1, 0.15) is 25.3 Å². The van der Waals surface area contributed by atoms with Gasteiger partial charge in [-0.1, -0.05) is 43.7 Å². The molecular weight excluding hydrogens is 236 g/mol. The van der Waals surface area contributed by atoms with E-state index in [0.717, 1.165) is 23.9 Å². The Morgan fingerprint density at radius 3 is 2.63 bits per heavy atom. The largest absolute Gasteiger partial charge is 0.325 e. The van der Waals surface area contributed by atoms with Crippen molar-refractivity contribution in [3.05, 3.63) is 42.0 Å². The van der Waals surface area contributed by atoms with Crippen LogP contribution >= 0.6 is 0 Å². The van der Waals surface area contributed by atoms with Crippen molar-refractivity contribution in [2.45, 2.75) is 26.2 Å². The van der Waals surface area contributed by atoms with E-state index < -0.39 is 0 Å². The van der Waals surface area contributed by atoms with E-state index in [1.165, 1.54) is 10.9 Å². The fourth-order valence-electron chi connectivity index (χ4n) is 2.22. The molecule has 2 rings (SSSR count). The smallest absolute Gasteiger partial charge is 0.238 e. The summed E-state index contributed by atoms with van der Waals surface area (Å²) in [6.45, 7) is 2.15. The molecule has 0 fully saturated rings. The lowest BCUT2D eigenvalue weighted by Crippen LogP contribution is -2.10. The Labute approximate surface area is 112 Å². The van der Waals surface area contributed by atoms with Crippen LogP contribution in [0.3, 0.4) is 0 Å². The van der Waals surface area contributed by atoms with Crippen molar-refractivity contribution < 1.29 is 4.79 Å². The van der Waals surface area contributed by atoms with Crippen molar-refractivity contribution in [3.63, 3.8) is 0 Å². The Morgan fingerprint density at radius 1 is 1.21 bits per heavy atom. The first kappa shape index (κ1) is 13.1. The monoisotopic (exact) mass is 252 g/mol. The van der Waals surface area contributed by atoms with Crippen LogP contribution in [0.15, 0.2) is 36.4 Å². The van der Waals surface area contributed by atoms with Gasteiger partial charge in [0.2, 0.25) is 5.91 Å². The summed E-state index contributed by atoms with van der Waals surface area (Å²) in [5, 5.41) is 13.5. The zero-order valence-corrected chi connectivity index (χ0v) is 10.9. The Kier molecular flexibility index (Phi) is 4.15. The van der Waals surface area contributed by atoms with E-state index in [-0.39, 0.29) is 12.3 Å². The number of hydrogen-bond donors (Lipinski definition) is 1. The van der Waals surface area contributed by atoms with E-state index in [9.17, 15) is 4.79 Å². The predicted molar refractivity (Wildman–Crippen MR) is 76.8 cm³/mol. The molecule has 0 aromatic heterocycles. The van der Waals surface area contributed by atoms with Crippen LogP contribution in [0, 0.1) is 11.3 Å². The highest BCUT2D eigenvalue weighted by atomic mass is 16.1. The number of hydrogen-bond acceptors (Lipinski definition) is 2. The standard InChI is InChI=1S/C16H16N2O/c1-2-5-12-8-9-15(18-16(19)10-11-17)14-7-4-3-6-13(12)14/h3-4,6-9H,2,5,10H2,1H3,(H,18,19). The average Bonchev–Trinajstić information content (AvgIpc) is 2.42. The van der Waals surface area contributed by atoms with Crippen LogP contribution < -0.4 is 5.32 Å². The molecule has 0 spiro atoms. The highest BCUT2D eigenvalue weighted by molar-refractivity contribution is 6.03. The lowest BCUT2D eigenvalue weighted by atomic mass is 9.99. The molecule has 0 unspecified atom stereocenters. The van der Waals surface area contributed by atoms with Crippen molar-refractivity contribution in [2.75, 3.05) is 5.32 Å². The summed E-state index contributed by atoms with van der Waals surface area (Å²) in [5.74, 6) is -0.268. The van der Waals surface area contributed by atoms with Gasteiger partial charge in [0.1, 0.15) is 6.42 Å². The van der Waals surface area contributed by atoms with E-state index in [1.54, 1.807) is 0 Å². The molecule has 0 bridgehead atoms. The minimum Gasteiger partial charge on any atom is -0.325 e. The molecule has 0 heterocycles. The zero-order chi connectivity index (χ0) is 13.7. The first-order valence-electron chi connectivity index (χ1n) is 6.43. The van der Waals surface area contributed by atoms with Gasteiger partial charge in [-0.15, -0.1) is 0 Å². The summed E-state index contributed by atoms with van der Waals surface area (Å²) in [6.07, 6.45) is 1.99. The van der Waals surface area contributed by atoms with Gasteiger partial charge in [0, 0.05) is 11.1 Å². The van der Waals surface area contributed by atoms with Crippen LogP contribution in [-0.4, -0.2) is 5.91 Å². The highest BCUT2D eigenvalue weighted by Gasteiger charge is 2.07. The van der Waals surface area contributed by atoms with Crippen LogP contribution in [0.4, 0.5) is 5.69 Å². The maximum Gasteiger partial charge on any atom is 0.238 e. The van der Waals surface area contributed by atoms with Crippen LogP contribution in [0.2, 0.25) is 0 Å². The summed E-state index contributed by atoms with van der Waals surface area (Å²) in [5.41, 5.74) is 2.06. The second-order valence-corrected chi connectivity index (χ2v) is 4.45. The van der Waals surface area contributed by atoms with Gasteiger partial charge in [0.25, 0.3) is 0 Å². The topological polar surface area (TPSA) is 52.9 Å². The van der Waals surface area contributed by atoms with Gasteiger partial charge in [-0.25, -0.2) is 0 Å². The fourth-order valence-corrected chi connectivity index (χ4v) is 2.22. The van der Waals surface area contributed by atoms with E-state index in [1.807, 2.05) is 36.4 Å². The Morgan fingerprint density at radius 2 is 1.95 bits per heavy atom. The lowest BCUT2D eigenvalue weighted by molar-refractivity contribution is -0.115. The van der Waals surface area contributed by atoms with Gasteiger partial charge in [0.15, 0.2) is 0 Å². The van der Waals surface area contributed by atoms with Gasteiger partial charge in [0.05, 0.1) is 6.07 Å². The number of carbonyl (C=O) groups excluding carboxylic acids is 1. The van der Waals surface area contributed by atoms with E-state index in [2.05, 4.69) is 18.3 Å². The molecule has 0 saturated carbocycles. The molecule has 1 amide bonds. The van der Waals surface area contributed by atoms with Gasteiger partial charge in [-0.05, 0) is 23.4 Å². The number of rotatable bonds is 4. The number of carbonyl (C=O) groups is 1. The van der Waals surface area contributed by atoms with Crippen LogP contribution in [0.25, 0.3) is 10.8 Å². The van der Waals surface area contributed by atoms with Gasteiger partial charge in [-0.2, -0.15) is 5.26 Å². The third-order valence-electron chi connectivity index (χ3n) is 3.05. The second kappa shape index (κ2) is 6.01. The third-order valence-corrected chi connectivity index (χ3v) is 3.05. The minimum absolute atomic E-state index is 0.120. The number of benzene rings is 2. The second-order valence-electron chi connectivity index (χ2n) is 4.45. The molecular formula is C16H16N2O. The molecule has 0 atom stereocenters. The maximum absolute atomic E-state index is 11.5. The highest BCUT2D eigenvalue weighted by Crippen LogP contribution is 2.27. The van der Waals surface area contributed by atoms with Crippen molar-refractivity contribution in [1.29, 1.82) is 5.26 Å². The fraction of sp³-hybridized carbons (Fsp3) is 0.250. The Hall–Kier alpha value is -2.34. The van der Waals surface area contributed by atoms with Crippen molar-refractivity contribution in [3.8, 4) is 6.07 Å². The van der Waals surface area contributed by atoms with Crippen LogP contribution in [-0.2, 0) is 11.2 Å². The SMILES string of the molecule is CCCc1ccc(NC(=O)CC#N)c2ccccc12. The molecule has 0 aliphatic carbocycles. The summed E-state index contributed by atoms with van der Waals surface area (Å²) >= 11 is 0. The van der Waals surface area contributed by atoms with Gasteiger partial charge < -0.3 is 5.32 Å². The number of amides is 1. The van der Waals surface area contributed by atoms with Gasteiger partial charge >= 0.3 is 0 Å². The molecule has 96 valence electrons. The molecule has 0 saturated heterocycles. The Balaban J connectivity index is 2.44. The lowest BCUT2D eigenvalue weighted by Gasteiger charge is -2.11. The summed E-state index contributed by atoms with van der Waals surface area (Å²) in [6, 6.07) is 13.8. The number of nitrogens with one attached hydrogen (secondary N) is 1. The maximum atomic E-state index is 11.5. The molecule has 0 aliphatic heterocycles. The van der Waals surface area contributed by atoms with Crippen LogP contribution in [0.5, 0.6) is 0 Å². The first-order chi connectivity index (χ1) is 9.26. The molecule has 19 heavy (non-hydrogen) atoms. The summed E-state index contributed by atoms with van der Waals surface area (Å²) in [4.78, 5) is 11.5.